The van der Waals surface area contributed by atoms with Gasteiger partial charge in [-0.05, 0) is 126 Å². The lowest BCUT2D eigenvalue weighted by Crippen LogP contribution is -2.37. The molecule has 6 heteroatoms. The lowest BCUT2D eigenvalue weighted by Gasteiger charge is -2.31. The zero-order valence-corrected chi connectivity index (χ0v) is 28.9. The number of rotatable bonds is 21. The van der Waals surface area contributed by atoms with Gasteiger partial charge in [0, 0.05) is 36.1 Å². The van der Waals surface area contributed by atoms with Crippen molar-refractivity contribution in [2.45, 2.75) is 104 Å². The summed E-state index contributed by atoms with van der Waals surface area (Å²) in [5.41, 5.74) is 1.57. The Hall–Kier alpha value is -2.70. The fourth-order valence-corrected chi connectivity index (χ4v) is 6.87. The number of likely N-dealkylation sites (tertiary alicyclic amines) is 2. The molecule has 2 heterocycles. The normalized spacial score (nSPS) is 17.3. The van der Waals surface area contributed by atoms with Crippen molar-refractivity contribution in [1.29, 1.82) is 0 Å². The van der Waals surface area contributed by atoms with Gasteiger partial charge in [0.1, 0.15) is 11.5 Å². The maximum Gasteiger partial charge on any atom is 0.167 e. The highest BCUT2D eigenvalue weighted by Gasteiger charge is 2.26. The largest absolute Gasteiger partial charge is 0.494 e. The number of carbonyl (C=O) groups excluding carboxylic acids is 2. The van der Waals surface area contributed by atoms with Gasteiger partial charge in [0.25, 0.3) is 0 Å². The standard InChI is InChI=1S/C40H60N2O4/c1-3-5-29-45-37-21-17-33(18-22-37)39(43)35(31-41-25-11-7-12-26-41)15-9-10-16-36(32-42-27-13-8-14-28-42)40(44)34-19-23-38(24-20-34)46-30-6-4-2/h17-24,35-36H,3-16,25-32H2,1-2H3/t35-,36-/m0/s1. The van der Waals surface area contributed by atoms with Crippen molar-refractivity contribution in [2.24, 2.45) is 11.8 Å². The highest BCUT2D eigenvalue weighted by Crippen LogP contribution is 2.25. The van der Waals surface area contributed by atoms with Crippen LogP contribution in [0, 0.1) is 11.8 Å². The quantitative estimate of drug-likeness (QED) is 0.101. The highest BCUT2D eigenvalue weighted by molar-refractivity contribution is 5.98. The highest BCUT2D eigenvalue weighted by atomic mass is 16.5. The molecule has 2 aliphatic rings. The molecule has 6 nitrogen and oxygen atoms in total. The first-order chi connectivity index (χ1) is 22.6. The zero-order valence-electron chi connectivity index (χ0n) is 28.9. The van der Waals surface area contributed by atoms with Crippen molar-refractivity contribution in [3.05, 3.63) is 59.7 Å². The molecule has 2 saturated heterocycles. The molecule has 0 aliphatic carbocycles. The number of nitrogens with zero attached hydrogens (tertiary/aromatic N) is 2. The lowest BCUT2D eigenvalue weighted by molar-refractivity contribution is 0.0833. The van der Waals surface area contributed by atoms with Crippen molar-refractivity contribution in [3.8, 4) is 11.5 Å². The predicted molar refractivity (Wildman–Crippen MR) is 188 cm³/mol. The average molecular weight is 633 g/mol. The Balaban J connectivity index is 1.37. The van der Waals surface area contributed by atoms with Gasteiger partial charge >= 0.3 is 0 Å². The molecule has 2 aromatic carbocycles. The van der Waals surface area contributed by atoms with E-state index in [0.717, 1.165) is 113 Å². The number of benzene rings is 2. The molecule has 254 valence electrons. The first-order valence-corrected chi connectivity index (χ1v) is 18.6. The number of ether oxygens (including phenoxy) is 2. The molecule has 0 aromatic heterocycles. The molecule has 46 heavy (non-hydrogen) atoms. The average Bonchev–Trinajstić information content (AvgIpc) is 3.10. The van der Waals surface area contributed by atoms with E-state index >= 15 is 0 Å². The van der Waals surface area contributed by atoms with Crippen molar-refractivity contribution in [2.75, 3.05) is 52.5 Å². The molecule has 0 saturated carbocycles. The Morgan fingerprint density at radius 3 is 1.28 bits per heavy atom. The summed E-state index contributed by atoms with van der Waals surface area (Å²) in [6.07, 6.45) is 15.3. The van der Waals surface area contributed by atoms with E-state index in [-0.39, 0.29) is 23.4 Å². The molecule has 0 amide bonds. The van der Waals surface area contributed by atoms with Crippen LogP contribution in [0.5, 0.6) is 11.5 Å². The Morgan fingerprint density at radius 2 is 0.935 bits per heavy atom. The molecule has 0 N–H and O–H groups in total. The van der Waals surface area contributed by atoms with E-state index in [2.05, 4.69) is 23.6 Å². The van der Waals surface area contributed by atoms with Crippen LogP contribution in [0.15, 0.2) is 48.5 Å². The fraction of sp³-hybridized carbons (Fsp3) is 0.650. The molecule has 2 atom stereocenters. The predicted octanol–water partition coefficient (Wildman–Crippen LogP) is 8.87. The van der Waals surface area contributed by atoms with Crippen LogP contribution in [0.25, 0.3) is 0 Å². The molecule has 0 unspecified atom stereocenters. The summed E-state index contributed by atoms with van der Waals surface area (Å²) in [6.45, 7) is 11.7. The van der Waals surface area contributed by atoms with E-state index in [1.807, 2.05) is 48.5 Å². The Bertz CT molecular complexity index is 1050. The number of unbranched alkanes of at least 4 members (excludes halogenated alkanes) is 3. The molecular weight excluding hydrogens is 572 g/mol. The fourth-order valence-electron chi connectivity index (χ4n) is 6.87. The lowest BCUT2D eigenvalue weighted by atomic mass is 9.88. The summed E-state index contributed by atoms with van der Waals surface area (Å²) in [5.74, 6) is 2.10. The monoisotopic (exact) mass is 632 g/mol. The molecule has 4 rings (SSSR count). The molecule has 2 fully saturated rings. The van der Waals surface area contributed by atoms with Crippen molar-refractivity contribution in [3.63, 3.8) is 0 Å². The van der Waals surface area contributed by atoms with Crippen LogP contribution in [0.1, 0.15) is 124 Å². The molecule has 2 aromatic rings. The minimum Gasteiger partial charge on any atom is -0.494 e. The van der Waals surface area contributed by atoms with Gasteiger partial charge in [-0.3, -0.25) is 9.59 Å². The number of hydrogen-bond acceptors (Lipinski definition) is 6. The van der Waals surface area contributed by atoms with Crippen LogP contribution in [-0.4, -0.2) is 73.8 Å². The van der Waals surface area contributed by atoms with Gasteiger partial charge in [0.05, 0.1) is 13.2 Å². The second-order valence-corrected chi connectivity index (χ2v) is 13.6. The van der Waals surface area contributed by atoms with Gasteiger partial charge in [0.15, 0.2) is 11.6 Å². The van der Waals surface area contributed by atoms with Crippen LogP contribution in [0.4, 0.5) is 0 Å². The molecule has 0 bridgehead atoms. The summed E-state index contributed by atoms with van der Waals surface area (Å²) in [6, 6.07) is 15.6. The Morgan fingerprint density at radius 1 is 0.565 bits per heavy atom. The third-order valence-corrected chi connectivity index (χ3v) is 9.76. The third kappa shape index (κ3) is 12.2. The second-order valence-electron chi connectivity index (χ2n) is 13.6. The summed E-state index contributed by atoms with van der Waals surface area (Å²) in [4.78, 5) is 32.7. The van der Waals surface area contributed by atoms with Crippen LogP contribution in [0.3, 0.4) is 0 Å². The minimum atomic E-state index is -0.0264. The molecule has 0 radical (unpaired) electrons. The summed E-state index contributed by atoms with van der Waals surface area (Å²) in [7, 11) is 0. The van der Waals surface area contributed by atoms with Crippen LogP contribution in [0.2, 0.25) is 0 Å². The van der Waals surface area contributed by atoms with E-state index < -0.39 is 0 Å². The number of carbonyl (C=O) groups is 2. The maximum atomic E-state index is 13.8. The van der Waals surface area contributed by atoms with Crippen molar-refractivity contribution < 1.29 is 19.1 Å². The number of hydrogen-bond donors (Lipinski definition) is 0. The SMILES string of the molecule is CCCCOc1ccc(C(=O)[C@@H](CCCC[C@@H](CN2CCCCC2)C(=O)c2ccc(OCCCC)cc2)CN2CCCCC2)cc1. The smallest absolute Gasteiger partial charge is 0.167 e. The Labute approximate surface area is 279 Å². The molecule has 2 aliphatic heterocycles. The first-order valence-electron chi connectivity index (χ1n) is 18.6. The van der Waals surface area contributed by atoms with E-state index in [4.69, 9.17) is 9.47 Å². The third-order valence-electron chi connectivity index (χ3n) is 9.76. The molecule has 0 spiro atoms. The van der Waals surface area contributed by atoms with Gasteiger partial charge in [-0.25, -0.2) is 0 Å². The summed E-state index contributed by atoms with van der Waals surface area (Å²) >= 11 is 0. The minimum absolute atomic E-state index is 0.0264. The second kappa shape index (κ2) is 20.5. The van der Waals surface area contributed by atoms with Gasteiger partial charge in [-0.15, -0.1) is 0 Å². The summed E-state index contributed by atoms with van der Waals surface area (Å²) in [5, 5.41) is 0. The summed E-state index contributed by atoms with van der Waals surface area (Å²) < 4.78 is 11.7. The number of piperidine rings is 2. The van der Waals surface area contributed by atoms with Gasteiger partial charge in [-0.1, -0.05) is 52.4 Å². The maximum absolute atomic E-state index is 13.8. The van der Waals surface area contributed by atoms with Crippen LogP contribution < -0.4 is 9.47 Å². The van der Waals surface area contributed by atoms with Crippen molar-refractivity contribution >= 4 is 11.6 Å². The van der Waals surface area contributed by atoms with Crippen LogP contribution in [-0.2, 0) is 0 Å². The Kier molecular flexibility index (Phi) is 16.1. The zero-order chi connectivity index (χ0) is 32.4. The van der Waals surface area contributed by atoms with Gasteiger partial charge in [0.2, 0.25) is 0 Å². The number of ketones is 2. The van der Waals surface area contributed by atoms with E-state index in [0.29, 0.717) is 13.2 Å². The number of Topliss-reactive ketones (excluding diaryl/α,β-unsaturated/α-hetero) is 2. The first kappa shape index (κ1) is 36.1. The molecular formula is C40H60N2O4. The van der Waals surface area contributed by atoms with E-state index in [9.17, 15) is 9.59 Å². The van der Waals surface area contributed by atoms with Gasteiger partial charge < -0.3 is 19.3 Å². The van der Waals surface area contributed by atoms with E-state index in [1.165, 1.54) is 38.5 Å². The van der Waals surface area contributed by atoms with Gasteiger partial charge in [-0.2, -0.15) is 0 Å². The van der Waals surface area contributed by atoms with Crippen molar-refractivity contribution in [1.82, 2.24) is 9.80 Å². The van der Waals surface area contributed by atoms with Crippen LogP contribution >= 0.6 is 0 Å². The van der Waals surface area contributed by atoms with E-state index in [1.54, 1.807) is 0 Å². The topological polar surface area (TPSA) is 59.1 Å².